The molecule has 1 amide bonds. The van der Waals surface area contributed by atoms with Gasteiger partial charge in [-0.15, -0.1) is 0 Å². The van der Waals surface area contributed by atoms with Crippen LogP contribution in [0.4, 0.5) is 0 Å². The van der Waals surface area contributed by atoms with Crippen molar-refractivity contribution in [2.45, 2.75) is 72.5 Å². The van der Waals surface area contributed by atoms with E-state index in [0.717, 1.165) is 26.1 Å². The van der Waals surface area contributed by atoms with E-state index in [-0.39, 0.29) is 17.5 Å². The Hall–Kier alpha value is -0.610. The zero-order valence-corrected chi connectivity index (χ0v) is 13.8. The summed E-state index contributed by atoms with van der Waals surface area (Å²) in [5, 5.41) is 6.45. The van der Waals surface area contributed by atoms with E-state index in [1.807, 2.05) is 6.92 Å². The van der Waals surface area contributed by atoms with Crippen LogP contribution in [0.3, 0.4) is 0 Å². The van der Waals surface area contributed by atoms with Crippen LogP contribution < -0.4 is 10.6 Å². The molecule has 2 unspecified atom stereocenters. The number of amides is 1. The molecule has 0 aliphatic rings. The third-order valence-electron chi connectivity index (χ3n) is 3.70. The minimum Gasteiger partial charge on any atom is -0.350 e. The van der Waals surface area contributed by atoms with Crippen LogP contribution in [0, 0.1) is 0 Å². The molecule has 0 spiro atoms. The van der Waals surface area contributed by atoms with E-state index < -0.39 is 0 Å². The van der Waals surface area contributed by atoms with Crippen molar-refractivity contribution in [3.8, 4) is 0 Å². The second kappa shape index (κ2) is 8.54. The third-order valence-corrected chi connectivity index (χ3v) is 3.70. The Balaban J connectivity index is 4.21. The molecule has 0 saturated heterocycles. The molecule has 0 rings (SSSR count). The van der Waals surface area contributed by atoms with Crippen LogP contribution in [-0.2, 0) is 4.79 Å². The SMILES string of the molecule is CCN(CC)CC(C)NC(C)C(=O)NC(C)(C)CC. The molecule has 0 aliphatic carbocycles. The fourth-order valence-electron chi connectivity index (χ4n) is 1.95. The topological polar surface area (TPSA) is 44.4 Å². The summed E-state index contributed by atoms with van der Waals surface area (Å²) in [6.07, 6.45) is 0.931. The number of carbonyl (C=O) groups is 1. The fourth-order valence-corrected chi connectivity index (χ4v) is 1.95. The molecule has 19 heavy (non-hydrogen) atoms. The lowest BCUT2D eigenvalue weighted by molar-refractivity contribution is -0.124. The van der Waals surface area contributed by atoms with Crippen molar-refractivity contribution in [1.29, 1.82) is 0 Å². The van der Waals surface area contributed by atoms with Crippen molar-refractivity contribution in [3.63, 3.8) is 0 Å². The Kier molecular flexibility index (Phi) is 8.26. The molecular formula is C15H33N3O. The third kappa shape index (κ3) is 7.53. The Morgan fingerprint density at radius 1 is 1.16 bits per heavy atom. The van der Waals surface area contributed by atoms with Crippen molar-refractivity contribution in [3.05, 3.63) is 0 Å². The van der Waals surface area contributed by atoms with Gasteiger partial charge in [0.2, 0.25) is 5.91 Å². The van der Waals surface area contributed by atoms with Gasteiger partial charge in [0.1, 0.15) is 0 Å². The van der Waals surface area contributed by atoms with E-state index in [0.29, 0.717) is 6.04 Å². The first-order chi connectivity index (χ1) is 8.75. The number of nitrogens with zero attached hydrogens (tertiary/aromatic N) is 1. The highest BCUT2D eigenvalue weighted by Gasteiger charge is 2.22. The highest BCUT2D eigenvalue weighted by atomic mass is 16.2. The summed E-state index contributed by atoms with van der Waals surface area (Å²) in [5.74, 6) is 0.0817. The van der Waals surface area contributed by atoms with Crippen LogP contribution in [0.5, 0.6) is 0 Å². The average molecular weight is 271 g/mol. The van der Waals surface area contributed by atoms with Gasteiger partial charge in [0.25, 0.3) is 0 Å². The molecule has 114 valence electrons. The molecule has 0 bridgehead atoms. The van der Waals surface area contributed by atoms with E-state index in [1.54, 1.807) is 0 Å². The zero-order valence-electron chi connectivity index (χ0n) is 13.8. The van der Waals surface area contributed by atoms with Crippen LogP contribution in [0.1, 0.15) is 54.9 Å². The van der Waals surface area contributed by atoms with Crippen molar-refractivity contribution in [2.75, 3.05) is 19.6 Å². The Labute approximate surface area is 119 Å². The first-order valence-electron chi connectivity index (χ1n) is 7.56. The minimum absolute atomic E-state index is 0.0817. The van der Waals surface area contributed by atoms with Crippen molar-refractivity contribution in [1.82, 2.24) is 15.5 Å². The van der Waals surface area contributed by atoms with Gasteiger partial charge in [-0.1, -0.05) is 20.8 Å². The molecular weight excluding hydrogens is 238 g/mol. The predicted molar refractivity (Wildman–Crippen MR) is 82.4 cm³/mol. The van der Waals surface area contributed by atoms with E-state index in [4.69, 9.17) is 0 Å². The van der Waals surface area contributed by atoms with Gasteiger partial charge in [-0.05, 0) is 47.2 Å². The summed E-state index contributed by atoms with van der Waals surface area (Å²) in [6.45, 7) is 17.6. The number of likely N-dealkylation sites (N-methyl/N-ethyl adjacent to an activating group) is 1. The van der Waals surface area contributed by atoms with Gasteiger partial charge < -0.3 is 15.5 Å². The molecule has 0 aromatic rings. The summed E-state index contributed by atoms with van der Waals surface area (Å²) in [6, 6.07) is 0.154. The Morgan fingerprint density at radius 3 is 2.11 bits per heavy atom. The van der Waals surface area contributed by atoms with Crippen LogP contribution in [0.2, 0.25) is 0 Å². The molecule has 0 fully saturated rings. The predicted octanol–water partition coefficient (Wildman–Crippen LogP) is 2.00. The largest absolute Gasteiger partial charge is 0.350 e. The molecule has 0 aliphatic heterocycles. The Bertz CT molecular complexity index is 262. The summed E-state index contributed by atoms with van der Waals surface area (Å²) >= 11 is 0. The van der Waals surface area contributed by atoms with E-state index in [9.17, 15) is 4.79 Å². The first kappa shape index (κ1) is 18.4. The minimum atomic E-state index is -0.156. The first-order valence-corrected chi connectivity index (χ1v) is 7.56. The van der Waals surface area contributed by atoms with Crippen molar-refractivity contribution in [2.24, 2.45) is 0 Å². The van der Waals surface area contributed by atoms with Crippen LogP contribution in [-0.4, -0.2) is 48.1 Å². The maximum absolute atomic E-state index is 12.1. The lowest BCUT2D eigenvalue weighted by Crippen LogP contribution is -2.53. The molecule has 0 radical (unpaired) electrons. The van der Waals surface area contributed by atoms with Gasteiger partial charge in [-0.2, -0.15) is 0 Å². The summed E-state index contributed by atoms with van der Waals surface area (Å²) in [7, 11) is 0. The maximum Gasteiger partial charge on any atom is 0.237 e. The van der Waals surface area contributed by atoms with Crippen LogP contribution in [0.15, 0.2) is 0 Å². The van der Waals surface area contributed by atoms with Gasteiger partial charge in [-0.25, -0.2) is 0 Å². The number of rotatable bonds is 9. The summed E-state index contributed by atoms with van der Waals surface area (Å²) in [4.78, 5) is 14.5. The van der Waals surface area contributed by atoms with E-state index in [1.165, 1.54) is 0 Å². The summed E-state index contributed by atoms with van der Waals surface area (Å²) < 4.78 is 0. The summed E-state index contributed by atoms with van der Waals surface area (Å²) in [5.41, 5.74) is -0.130. The van der Waals surface area contributed by atoms with Gasteiger partial charge >= 0.3 is 0 Å². The molecule has 0 aromatic heterocycles. The smallest absolute Gasteiger partial charge is 0.237 e. The van der Waals surface area contributed by atoms with Gasteiger partial charge in [0, 0.05) is 18.1 Å². The highest BCUT2D eigenvalue weighted by Crippen LogP contribution is 2.07. The van der Waals surface area contributed by atoms with Crippen LogP contribution >= 0.6 is 0 Å². The van der Waals surface area contributed by atoms with Crippen molar-refractivity contribution >= 4 is 5.91 Å². The molecule has 2 atom stereocenters. The molecule has 4 heteroatoms. The number of hydrogen-bond donors (Lipinski definition) is 2. The highest BCUT2D eigenvalue weighted by molar-refractivity contribution is 5.82. The molecule has 0 saturated carbocycles. The number of carbonyl (C=O) groups excluding carboxylic acids is 1. The zero-order chi connectivity index (χ0) is 15.1. The second-order valence-electron chi connectivity index (χ2n) is 6.00. The Morgan fingerprint density at radius 2 is 1.68 bits per heavy atom. The lowest BCUT2D eigenvalue weighted by atomic mass is 10.0. The normalized spacial score (nSPS) is 15.4. The van der Waals surface area contributed by atoms with Crippen LogP contribution in [0.25, 0.3) is 0 Å². The van der Waals surface area contributed by atoms with E-state index in [2.05, 4.69) is 57.1 Å². The molecule has 0 heterocycles. The monoisotopic (exact) mass is 271 g/mol. The standard InChI is InChI=1S/C15H33N3O/c1-8-15(6,7)17-14(19)13(5)16-12(4)11-18(9-2)10-3/h12-13,16H,8-11H2,1-7H3,(H,17,19). The molecule has 4 nitrogen and oxygen atoms in total. The quantitative estimate of drug-likeness (QED) is 0.674. The maximum atomic E-state index is 12.1. The second-order valence-corrected chi connectivity index (χ2v) is 6.00. The van der Waals surface area contributed by atoms with Gasteiger partial charge in [0.05, 0.1) is 6.04 Å². The molecule has 0 aromatic carbocycles. The fraction of sp³-hybridized carbons (Fsp3) is 0.933. The van der Waals surface area contributed by atoms with Gasteiger partial charge in [-0.3, -0.25) is 4.79 Å². The molecule has 2 N–H and O–H groups in total. The van der Waals surface area contributed by atoms with E-state index >= 15 is 0 Å². The van der Waals surface area contributed by atoms with Crippen molar-refractivity contribution < 1.29 is 4.79 Å². The number of nitrogens with one attached hydrogen (secondary N) is 2. The van der Waals surface area contributed by atoms with Gasteiger partial charge in [0.15, 0.2) is 0 Å². The lowest BCUT2D eigenvalue weighted by Gasteiger charge is -2.29. The average Bonchev–Trinajstić information content (AvgIpc) is 2.35. The number of hydrogen-bond acceptors (Lipinski definition) is 3.